The highest BCUT2D eigenvalue weighted by Gasteiger charge is 2.58. The quantitative estimate of drug-likeness (QED) is 0.934. The lowest BCUT2D eigenvalue weighted by Gasteiger charge is -2.29. The van der Waals surface area contributed by atoms with Gasteiger partial charge in [0.25, 0.3) is 5.91 Å². The fourth-order valence-corrected chi connectivity index (χ4v) is 3.98. The van der Waals surface area contributed by atoms with Crippen LogP contribution in [0.4, 0.5) is 0 Å². The van der Waals surface area contributed by atoms with Gasteiger partial charge in [-0.2, -0.15) is 0 Å². The Labute approximate surface area is 141 Å². The number of rotatable bonds is 4. The van der Waals surface area contributed by atoms with E-state index in [1.54, 1.807) is 12.5 Å². The second kappa shape index (κ2) is 5.77. The number of hydrogen-bond acceptors (Lipinski definition) is 4. The number of carbonyl (C=O) groups excluding carboxylic acids is 1. The molecule has 2 aromatic heterocycles. The molecule has 1 atom stereocenters. The Balaban J connectivity index is 1.62. The Hall–Kier alpha value is -2.08. The molecule has 1 amide bonds. The summed E-state index contributed by atoms with van der Waals surface area (Å²) in [6, 6.07) is 2.13. The summed E-state index contributed by atoms with van der Waals surface area (Å²) in [5.41, 5.74) is 1.18. The lowest BCUT2D eigenvalue weighted by atomic mass is 9.93. The lowest BCUT2D eigenvalue weighted by molar-refractivity contribution is 0.0652. The monoisotopic (exact) mass is 328 g/mol. The van der Waals surface area contributed by atoms with Gasteiger partial charge in [-0.05, 0) is 50.8 Å². The fraction of sp³-hybridized carbons (Fsp3) is 0.556. The highest BCUT2D eigenvalue weighted by molar-refractivity contribution is 5.93. The van der Waals surface area contributed by atoms with Gasteiger partial charge in [0, 0.05) is 31.0 Å². The van der Waals surface area contributed by atoms with Gasteiger partial charge in [0.2, 0.25) is 0 Å². The molecule has 2 aliphatic rings. The van der Waals surface area contributed by atoms with E-state index in [9.17, 15) is 4.79 Å². The molecule has 1 N–H and O–H groups in total. The molecule has 1 unspecified atom stereocenters. The molecule has 24 heavy (non-hydrogen) atoms. The van der Waals surface area contributed by atoms with Crippen molar-refractivity contribution < 1.29 is 9.21 Å². The van der Waals surface area contributed by atoms with E-state index in [0.29, 0.717) is 12.3 Å². The van der Waals surface area contributed by atoms with Gasteiger partial charge in [0.15, 0.2) is 5.76 Å². The Bertz CT molecular complexity index is 742. The Kier molecular flexibility index (Phi) is 3.72. The van der Waals surface area contributed by atoms with Crippen LogP contribution in [0.15, 0.2) is 29.1 Å². The number of imidazole rings is 1. The number of piperidine rings is 1. The van der Waals surface area contributed by atoms with Gasteiger partial charge in [-0.15, -0.1) is 0 Å². The van der Waals surface area contributed by atoms with E-state index in [-0.39, 0.29) is 17.4 Å². The Morgan fingerprint density at radius 3 is 2.92 bits per heavy atom. The molecule has 4 rings (SSSR count). The van der Waals surface area contributed by atoms with Gasteiger partial charge in [0.05, 0.1) is 12.8 Å². The topological polar surface area (TPSA) is 63.3 Å². The lowest BCUT2D eigenvalue weighted by Crippen LogP contribution is -2.39. The van der Waals surface area contributed by atoms with Gasteiger partial charge >= 0.3 is 0 Å². The summed E-state index contributed by atoms with van der Waals surface area (Å²) >= 11 is 0. The summed E-state index contributed by atoms with van der Waals surface area (Å²) in [6.45, 7) is 4.53. The molecule has 128 valence electrons. The van der Waals surface area contributed by atoms with Crippen LogP contribution in [-0.2, 0) is 13.6 Å². The summed E-state index contributed by atoms with van der Waals surface area (Å²) < 4.78 is 7.46. The van der Waals surface area contributed by atoms with Crippen LogP contribution in [0.25, 0.3) is 0 Å². The third-order valence-electron chi connectivity index (χ3n) is 5.67. The van der Waals surface area contributed by atoms with Crippen LogP contribution in [-0.4, -0.2) is 39.5 Å². The van der Waals surface area contributed by atoms with Gasteiger partial charge in [-0.1, -0.05) is 0 Å². The first-order chi connectivity index (χ1) is 11.6. The third kappa shape index (κ3) is 2.55. The van der Waals surface area contributed by atoms with Crippen LogP contribution in [0.2, 0.25) is 0 Å². The largest absolute Gasteiger partial charge is 0.459 e. The van der Waals surface area contributed by atoms with Crippen LogP contribution in [0.1, 0.15) is 41.2 Å². The van der Waals surface area contributed by atoms with Crippen molar-refractivity contribution in [3.8, 4) is 0 Å². The zero-order valence-electron chi connectivity index (χ0n) is 14.3. The molecule has 1 spiro atoms. The number of carbonyl (C=O) groups is 1. The van der Waals surface area contributed by atoms with Crippen LogP contribution < -0.4 is 5.32 Å². The maximum absolute atomic E-state index is 13.2. The van der Waals surface area contributed by atoms with E-state index in [1.165, 1.54) is 0 Å². The number of hydrogen-bond donors (Lipinski definition) is 1. The fourth-order valence-electron chi connectivity index (χ4n) is 3.98. The van der Waals surface area contributed by atoms with Crippen molar-refractivity contribution in [3.63, 3.8) is 0 Å². The van der Waals surface area contributed by atoms with Gasteiger partial charge in [-0.3, -0.25) is 4.79 Å². The molecule has 1 aliphatic heterocycles. The number of aryl methyl sites for hydroxylation is 2. The van der Waals surface area contributed by atoms with Crippen LogP contribution in [0.3, 0.4) is 0 Å². The molecule has 6 nitrogen and oxygen atoms in total. The minimum absolute atomic E-state index is 0.0130. The SMILES string of the molecule is Cc1ccoc1C(=O)N(Cc1nccn1C)C1CC12CCNCC2. The normalized spacial score (nSPS) is 21.8. The summed E-state index contributed by atoms with van der Waals surface area (Å²) in [5.74, 6) is 1.35. The number of nitrogens with one attached hydrogen (secondary N) is 1. The zero-order valence-corrected chi connectivity index (χ0v) is 14.3. The predicted molar refractivity (Wildman–Crippen MR) is 89.5 cm³/mol. The standard InChI is InChI=1S/C18H24N4O2/c1-13-3-10-24-16(13)17(23)22(12-15-20-8-9-21(15)2)14-11-18(14)4-6-19-7-5-18/h3,8-10,14,19H,4-7,11-12H2,1-2H3. The number of amides is 1. The molecule has 1 aliphatic carbocycles. The molecular weight excluding hydrogens is 304 g/mol. The van der Waals surface area contributed by atoms with Crippen LogP contribution in [0.5, 0.6) is 0 Å². The molecule has 0 bridgehead atoms. The summed E-state index contributed by atoms with van der Waals surface area (Å²) in [5, 5.41) is 3.42. The average molecular weight is 328 g/mol. The van der Waals surface area contributed by atoms with E-state index in [0.717, 1.165) is 43.7 Å². The number of furan rings is 1. The predicted octanol–water partition coefficient (Wildman–Crippen LogP) is 2.11. The molecule has 1 saturated heterocycles. The molecule has 2 aromatic rings. The Morgan fingerprint density at radius 1 is 1.50 bits per heavy atom. The third-order valence-corrected chi connectivity index (χ3v) is 5.67. The molecule has 6 heteroatoms. The van der Waals surface area contributed by atoms with Gasteiger partial charge in [0.1, 0.15) is 5.82 Å². The van der Waals surface area contributed by atoms with Gasteiger partial charge in [-0.25, -0.2) is 4.98 Å². The summed E-state index contributed by atoms with van der Waals surface area (Å²) in [7, 11) is 1.97. The molecule has 3 heterocycles. The van der Waals surface area contributed by atoms with E-state index in [1.807, 2.05) is 35.7 Å². The second-order valence-electron chi connectivity index (χ2n) is 7.15. The highest BCUT2D eigenvalue weighted by atomic mass is 16.3. The molecular formula is C18H24N4O2. The van der Waals surface area contributed by atoms with Crippen LogP contribution >= 0.6 is 0 Å². The van der Waals surface area contributed by atoms with E-state index >= 15 is 0 Å². The van der Waals surface area contributed by atoms with Crippen molar-refractivity contribution in [2.75, 3.05) is 13.1 Å². The van der Waals surface area contributed by atoms with Crippen molar-refractivity contribution in [3.05, 3.63) is 41.9 Å². The molecule has 0 aromatic carbocycles. The summed E-state index contributed by atoms with van der Waals surface area (Å²) in [4.78, 5) is 19.5. The molecule has 2 fully saturated rings. The minimum atomic E-state index is -0.0130. The minimum Gasteiger partial charge on any atom is -0.459 e. The maximum atomic E-state index is 13.2. The van der Waals surface area contributed by atoms with E-state index in [4.69, 9.17) is 4.42 Å². The smallest absolute Gasteiger partial charge is 0.290 e. The van der Waals surface area contributed by atoms with Crippen molar-refractivity contribution >= 4 is 5.91 Å². The summed E-state index contributed by atoms with van der Waals surface area (Å²) in [6.07, 6.45) is 8.66. The molecule has 0 radical (unpaired) electrons. The molecule has 1 saturated carbocycles. The highest BCUT2D eigenvalue weighted by Crippen LogP contribution is 2.56. The average Bonchev–Trinajstić information content (AvgIpc) is 2.91. The van der Waals surface area contributed by atoms with E-state index in [2.05, 4.69) is 10.3 Å². The van der Waals surface area contributed by atoms with Gasteiger partial charge < -0.3 is 19.2 Å². The first-order valence-electron chi connectivity index (χ1n) is 8.63. The van der Waals surface area contributed by atoms with Crippen molar-refractivity contribution in [2.24, 2.45) is 12.5 Å². The van der Waals surface area contributed by atoms with Crippen molar-refractivity contribution in [2.45, 2.75) is 38.8 Å². The Morgan fingerprint density at radius 2 is 2.29 bits per heavy atom. The first kappa shape index (κ1) is 15.4. The van der Waals surface area contributed by atoms with Crippen LogP contribution in [0, 0.1) is 12.3 Å². The zero-order chi connectivity index (χ0) is 16.7. The number of aromatic nitrogens is 2. The second-order valence-corrected chi connectivity index (χ2v) is 7.15. The van der Waals surface area contributed by atoms with E-state index < -0.39 is 0 Å². The number of nitrogens with zero attached hydrogens (tertiary/aromatic N) is 3. The van der Waals surface area contributed by atoms with Crippen molar-refractivity contribution in [1.29, 1.82) is 0 Å². The first-order valence-corrected chi connectivity index (χ1v) is 8.63. The maximum Gasteiger partial charge on any atom is 0.290 e. The van der Waals surface area contributed by atoms with Crippen molar-refractivity contribution in [1.82, 2.24) is 19.8 Å².